The Hall–Kier alpha value is -0.950. The normalized spacial score (nSPS) is 32.4. The Bertz CT molecular complexity index is 390. The molecule has 0 bridgehead atoms. The van der Waals surface area contributed by atoms with Gasteiger partial charge in [-0.05, 0) is 24.8 Å². The van der Waals surface area contributed by atoms with Crippen LogP contribution in [0.4, 0.5) is 0 Å². The predicted molar refractivity (Wildman–Crippen MR) is 73.3 cm³/mol. The van der Waals surface area contributed by atoms with Crippen molar-refractivity contribution < 1.29 is 14.6 Å². The van der Waals surface area contributed by atoms with Gasteiger partial charge in [0, 0.05) is 25.0 Å². The zero-order valence-electron chi connectivity index (χ0n) is 11.6. The lowest BCUT2D eigenvalue weighted by molar-refractivity contribution is 0.103. The summed E-state index contributed by atoms with van der Waals surface area (Å²) in [6.45, 7) is 3.51. The first-order valence-electron chi connectivity index (χ1n) is 7.38. The van der Waals surface area contributed by atoms with Gasteiger partial charge in [-0.2, -0.15) is 5.10 Å². The Morgan fingerprint density at radius 2 is 2.05 bits per heavy atom. The third kappa shape index (κ3) is 3.58. The second-order valence-corrected chi connectivity index (χ2v) is 5.75. The Labute approximate surface area is 119 Å². The molecule has 0 spiro atoms. The van der Waals surface area contributed by atoms with Crippen molar-refractivity contribution >= 4 is 0 Å². The van der Waals surface area contributed by atoms with E-state index in [1.165, 1.54) is 0 Å². The van der Waals surface area contributed by atoms with Crippen molar-refractivity contribution in [3.63, 3.8) is 0 Å². The number of aliphatic hydroxyl groups is 1. The van der Waals surface area contributed by atoms with Crippen molar-refractivity contribution in [2.24, 2.45) is 5.92 Å². The summed E-state index contributed by atoms with van der Waals surface area (Å²) in [7, 11) is 0. The maximum Gasteiger partial charge on any atom is 0.0701 e. The molecule has 0 amide bonds. The fraction of sp³-hybridized carbons (Fsp3) is 0.786. The Morgan fingerprint density at radius 1 is 1.25 bits per heavy atom. The molecule has 1 unspecified atom stereocenters. The monoisotopic (exact) mass is 281 g/mol. The maximum absolute atomic E-state index is 10.2. The highest BCUT2D eigenvalue weighted by Gasteiger charge is 2.34. The largest absolute Gasteiger partial charge is 0.391 e. The van der Waals surface area contributed by atoms with Crippen LogP contribution in [-0.4, -0.2) is 59.5 Å². The minimum Gasteiger partial charge on any atom is -0.391 e. The zero-order valence-corrected chi connectivity index (χ0v) is 11.6. The van der Waals surface area contributed by atoms with E-state index in [0.29, 0.717) is 32.3 Å². The lowest BCUT2D eigenvalue weighted by atomic mass is 10.1. The number of aliphatic hydroxyl groups excluding tert-OH is 1. The van der Waals surface area contributed by atoms with Crippen molar-refractivity contribution in [1.29, 1.82) is 0 Å². The van der Waals surface area contributed by atoms with Crippen LogP contribution in [0.5, 0.6) is 0 Å². The summed E-state index contributed by atoms with van der Waals surface area (Å²) in [5, 5.41) is 17.9. The van der Waals surface area contributed by atoms with E-state index in [9.17, 15) is 5.11 Å². The molecular formula is C14H23N3O3. The highest BCUT2D eigenvalue weighted by molar-refractivity contribution is 4.91. The van der Waals surface area contributed by atoms with E-state index in [-0.39, 0.29) is 18.2 Å². The molecule has 0 aromatic carbocycles. The van der Waals surface area contributed by atoms with Gasteiger partial charge in [-0.3, -0.25) is 4.68 Å². The van der Waals surface area contributed by atoms with E-state index in [1.54, 1.807) is 6.20 Å². The average molecular weight is 281 g/mol. The smallest absolute Gasteiger partial charge is 0.0701 e. The van der Waals surface area contributed by atoms with Crippen molar-refractivity contribution in [3.8, 4) is 0 Å². The van der Waals surface area contributed by atoms with Crippen LogP contribution in [-0.2, 0) is 16.0 Å². The summed E-state index contributed by atoms with van der Waals surface area (Å²) >= 11 is 0. The molecule has 1 aliphatic heterocycles. The minimum absolute atomic E-state index is 0.130. The molecule has 20 heavy (non-hydrogen) atoms. The second-order valence-electron chi connectivity index (χ2n) is 5.75. The zero-order chi connectivity index (χ0) is 13.8. The topological polar surface area (TPSA) is 68.5 Å². The molecule has 3 rings (SSSR count). The van der Waals surface area contributed by atoms with Gasteiger partial charge in [0.05, 0.1) is 38.6 Å². The summed E-state index contributed by atoms with van der Waals surface area (Å²) in [5.41, 5.74) is 0. The van der Waals surface area contributed by atoms with E-state index in [4.69, 9.17) is 9.47 Å². The fourth-order valence-electron chi connectivity index (χ4n) is 3.14. The number of nitrogens with zero attached hydrogens (tertiary/aromatic N) is 2. The van der Waals surface area contributed by atoms with Gasteiger partial charge in [0.25, 0.3) is 0 Å². The van der Waals surface area contributed by atoms with Gasteiger partial charge in [0.1, 0.15) is 0 Å². The van der Waals surface area contributed by atoms with Crippen molar-refractivity contribution in [1.82, 2.24) is 15.1 Å². The van der Waals surface area contributed by atoms with Crippen LogP contribution in [0.3, 0.4) is 0 Å². The number of aromatic nitrogens is 2. The first kappa shape index (κ1) is 14.0. The van der Waals surface area contributed by atoms with Crippen LogP contribution in [0.2, 0.25) is 0 Å². The van der Waals surface area contributed by atoms with Gasteiger partial charge in [0.15, 0.2) is 0 Å². The molecule has 6 heteroatoms. The van der Waals surface area contributed by atoms with Crippen LogP contribution < -0.4 is 5.32 Å². The highest BCUT2D eigenvalue weighted by atomic mass is 16.5. The minimum atomic E-state index is -0.293. The third-order valence-corrected chi connectivity index (χ3v) is 4.09. The van der Waals surface area contributed by atoms with E-state index in [1.807, 2.05) is 16.9 Å². The van der Waals surface area contributed by atoms with Crippen molar-refractivity contribution in [3.05, 3.63) is 18.5 Å². The molecule has 2 heterocycles. The van der Waals surface area contributed by atoms with Gasteiger partial charge < -0.3 is 19.9 Å². The first-order valence-corrected chi connectivity index (χ1v) is 7.38. The number of nitrogens with one attached hydrogen (secondary N) is 1. The number of rotatable bonds is 4. The lowest BCUT2D eigenvalue weighted by Gasteiger charge is -2.23. The van der Waals surface area contributed by atoms with Crippen LogP contribution in [0.25, 0.3) is 0 Å². The van der Waals surface area contributed by atoms with Gasteiger partial charge in [0.2, 0.25) is 0 Å². The number of hydrogen-bond donors (Lipinski definition) is 2. The molecule has 0 radical (unpaired) electrons. The SMILES string of the molecule is O[C@@H]1CC(Cn2cccn2)C[C@H]1NC1COCCOC1. The van der Waals surface area contributed by atoms with E-state index < -0.39 is 0 Å². The molecule has 1 aromatic rings. The summed E-state index contributed by atoms with van der Waals surface area (Å²) in [6.07, 6.45) is 5.27. The first-order chi connectivity index (χ1) is 9.81. The van der Waals surface area contributed by atoms with Gasteiger partial charge >= 0.3 is 0 Å². The molecule has 6 nitrogen and oxygen atoms in total. The quantitative estimate of drug-likeness (QED) is 0.815. The van der Waals surface area contributed by atoms with Crippen LogP contribution >= 0.6 is 0 Å². The second kappa shape index (κ2) is 6.67. The van der Waals surface area contributed by atoms with E-state index in [0.717, 1.165) is 19.4 Å². The summed E-state index contributed by atoms with van der Waals surface area (Å²) in [5.74, 6) is 0.468. The molecule has 3 atom stereocenters. The summed E-state index contributed by atoms with van der Waals surface area (Å²) in [4.78, 5) is 0. The average Bonchev–Trinajstić information content (AvgIpc) is 2.96. The molecule has 1 aliphatic carbocycles. The summed E-state index contributed by atoms with van der Waals surface area (Å²) < 4.78 is 12.9. The van der Waals surface area contributed by atoms with Gasteiger partial charge in [-0.25, -0.2) is 0 Å². The number of hydrogen-bond acceptors (Lipinski definition) is 5. The molecule has 1 saturated heterocycles. The van der Waals surface area contributed by atoms with E-state index in [2.05, 4.69) is 10.4 Å². The van der Waals surface area contributed by atoms with Crippen molar-refractivity contribution in [2.45, 2.75) is 37.6 Å². The molecule has 1 aromatic heterocycles. The molecule has 1 saturated carbocycles. The maximum atomic E-state index is 10.2. The highest BCUT2D eigenvalue weighted by Crippen LogP contribution is 2.27. The summed E-state index contributed by atoms with van der Waals surface area (Å²) in [6, 6.07) is 2.24. The molecular weight excluding hydrogens is 258 g/mol. The molecule has 2 N–H and O–H groups in total. The molecule has 2 fully saturated rings. The number of ether oxygens (including phenoxy) is 2. The third-order valence-electron chi connectivity index (χ3n) is 4.09. The van der Waals surface area contributed by atoms with Crippen LogP contribution in [0.15, 0.2) is 18.5 Å². The Balaban J connectivity index is 1.50. The Morgan fingerprint density at radius 3 is 2.75 bits per heavy atom. The fourth-order valence-corrected chi connectivity index (χ4v) is 3.14. The van der Waals surface area contributed by atoms with Gasteiger partial charge in [-0.1, -0.05) is 0 Å². The predicted octanol–water partition coefficient (Wildman–Crippen LogP) is 0.0276. The van der Waals surface area contributed by atoms with Crippen molar-refractivity contribution in [2.75, 3.05) is 26.4 Å². The van der Waals surface area contributed by atoms with Gasteiger partial charge in [-0.15, -0.1) is 0 Å². The van der Waals surface area contributed by atoms with Crippen LogP contribution in [0.1, 0.15) is 12.8 Å². The van der Waals surface area contributed by atoms with E-state index >= 15 is 0 Å². The van der Waals surface area contributed by atoms with Crippen LogP contribution in [0, 0.1) is 5.92 Å². The molecule has 112 valence electrons. The Kier molecular flexibility index (Phi) is 4.67. The molecule has 2 aliphatic rings. The lowest BCUT2D eigenvalue weighted by Crippen LogP contribution is -2.46. The standard InChI is InChI=1S/C14H23N3O3/c18-14-7-11(8-17-3-1-2-15-17)6-13(14)16-12-9-19-4-5-20-10-12/h1-3,11-14,16,18H,4-10H2/t11?,13-,14-/m1/s1.